The zero-order chi connectivity index (χ0) is 24.0. The molecule has 2 aliphatic rings. The number of amides is 1. The van der Waals surface area contributed by atoms with Crippen LogP contribution in [0.1, 0.15) is 24.0 Å². The minimum Gasteiger partial charge on any atom is -0.312 e. The van der Waals surface area contributed by atoms with Crippen molar-refractivity contribution in [1.29, 1.82) is 0 Å². The van der Waals surface area contributed by atoms with Crippen molar-refractivity contribution in [3.8, 4) is 0 Å². The summed E-state index contributed by atoms with van der Waals surface area (Å²) < 4.78 is 53.7. The largest absolute Gasteiger partial charge is 0.312 e. The molecule has 2 aromatic rings. The van der Waals surface area contributed by atoms with Crippen molar-refractivity contribution in [2.45, 2.75) is 36.0 Å². The summed E-state index contributed by atoms with van der Waals surface area (Å²) in [4.78, 5) is 15.5. The fourth-order valence-corrected chi connectivity index (χ4v) is 6.90. The van der Waals surface area contributed by atoms with Crippen LogP contribution >= 0.6 is 0 Å². The monoisotopic (exact) mass is 491 g/mol. The second kappa shape index (κ2) is 8.83. The molecule has 1 saturated heterocycles. The van der Waals surface area contributed by atoms with Crippen molar-refractivity contribution in [1.82, 2.24) is 8.61 Å². The molecule has 0 radical (unpaired) electrons. The van der Waals surface area contributed by atoms with Gasteiger partial charge in [-0.1, -0.05) is 17.7 Å². The van der Waals surface area contributed by atoms with Crippen molar-refractivity contribution in [3.63, 3.8) is 0 Å². The van der Waals surface area contributed by atoms with E-state index < -0.39 is 26.0 Å². The fraction of sp³-hybridized carbons (Fsp3) is 0.435. The van der Waals surface area contributed by atoms with Crippen LogP contribution in [0, 0.1) is 12.8 Å². The van der Waals surface area contributed by atoms with Gasteiger partial charge in [0, 0.05) is 39.4 Å². The summed E-state index contributed by atoms with van der Waals surface area (Å²) in [5.41, 5.74) is 2.50. The van der Waals surface area contributed by atoms with Gasteiger partial charge in [0.25, 0.3) is 0 Å². The van der Waals surface area contributed by atoms with Crippen LogP contribution in [0.2, 0.25) is 0 Å². The molecule has 2 aliphatic heterocycles. The molecule has 2 aromatic carbocycles. The second-order valence-corrected chi connectivity index (χ2v) is 12.9. The number of rotatable bonds is 5. The lowest BCUT2D eigenvalue weighted by molar-refractivity contribution is -0.123. The molecule has 1 fully saturated rings. The number of aryl methyl sites for hydroxylation is 1. The maximum absolute atomic E-state index is 13.4. The number of carbonyl (C=O) groups excluding carboxylic acids is 1. The van der Waals surface area contributed by atoms with E-state index in [1.165, 1.54) is 24.5 Å². The Morgan fingerprint density at radius 1 is 0.970 bits per heavy atom. The van der Waals surface area contributed by atoms with Crippen molar-refractivity contribution in [2.75, 3.05) is 38.6 Å². The highest BCUT2D eigenvalue weighted by Crippen LogP contribution is 2.34. The second-order valence-electron chi connectivity index (χ2n) is 8.83. The molecular weight excluding hydrogens is 462 g/mol. The fourth-order valence-electron chi connectivity index (χ4n) is 4.42. The van der Waals surface area contributed by atoms with Crippen molar-refractivity contribution in [3.05, 3.63) is 53.6 Å². The van der Waals surface area contributed by atoms with Crippen LogP contribution in [0.5, 0.6) is 0 Å². The molecule has 0 N–H and O–H groups in total. The van der Waals surface area contributed by atoms with Crippen LogP contribution in [0.3, 0.4) is 0 Å². The first-order valence-electron chi connectivity index (χ1n) is 11.0. The van der Waals surface area contributed by atoms with Crippen LogP contribution < -0.4 is 4.90 Å². The summed E-state index contributed by atoms with van der Waals surface area (Å²) in [5.74, 6) is -0.545. The van der Waals surface area contributed by atoms with Gasteiger partial charge in [0.15, 0.2) is 0 Å². The van der Waals surface area contributed by atoms with Gasteiger partial charge in [0.2, 0.25) is 26.0 Å². The first-order valence-corrected chi connectivity index (χ1v) is 13.8. The molecule has 4 rings (SSSR count). The van der Waals surface area contributed by atoms with Gasteiger partial charge in [-0.25, -0.2) is 21.1 Å². The van der Waals surface area contributed by atoms with Crippen molar-refractivity contribution < 1.29 is 21.6 Å². The summed E-state index contributed by atoms with van der Waals surface area (Å²) in [6.45, 7) is 2.90. The molecule has 0 spiro atoms. The summed E-state index contributed by atoms with van der Waals surface area (Å²) in [6, 6.07) is 11.6. The average Bonchev–Trinajstić information content (AvgIpc) is 3.22. The maximum atomic E-state index is 13.4. The van der Waals surface area contributed by atoms with E-state index in [9.17, 15) is 21.6 Å². The van der Waals surface area contributed by atoms with Crippen LogP contribution in [0.4, 0.5) is 5.69 Å². The predicted octanol–water partition coefficient (Wildman–Crippen LogP) is 2.24. The van der Waals surface area contributed by atoms with Gasteiger partial charge in [-0.05, 0) is 62.1 Å². The molecule has 0 aliphatic carbocycles. The highest BCUT2D eigenvalue weighted by Gasteiger charge is 2.37. The van der Waals surface area contributed by atoms with E-state index >= 15 is 0 Å². The number of sulfonamides is 2. The SMILES string of the molecule is Cc1ccc(S(=O)(=O)N2CCCC(C(=O)N3CCc4cc(S(=O)(=O)N(C)C)ccc43)C2)cc1. The van der Waals surface area contributed by atoms with Gasteiger partial charge < -0.3 is 4.90 Å². The zero-order valence-electron chi connectivity index (χ0n) is 19.1. The van der Waals surface area contributed by atoms with E-state index in [-0.39, 0.29) is 22.2 Å². The Morgan fingerprint density at radius 2 is 1.64 bits per heavy atom. The summed E-state index contributed by atoms with van der Waals surface area (Å²) in [7, 11) is -4.25. The summed E-state index contributed by atoms with van der Waals surface area (Å²) in [5, 5.41) is 0. The number of fused-ring (bicyclic) bond motifs is 1. The first kappa shape index (κ1) is 23.9. The predicted molar refractivity (Wildman–Crippen MR) is 126 cm³/mol. The lowest BCUT2D eigenvalue weighted by atomic mass is 9.98. The lowest BCUT2D eigenvalue weighted by Crippen LogP contribution is -2.46. The van der Waals surface area contributed by atoms with Gasteiger partial charge in [0.1, 0.15) is 0 Å². The topological polar surface area (TPSA) is 95.1 Å². The molecule has 2 heterocycles. The van der Waals surface area contributed by atoms with E-state index in [1.54, 1.807) is 41.3 Å². The molecule has 0 aromatic heterocycles. The highest BCUT2D eigenvalue weighted by molar-refractivity contribution is 7.89. The first-order chi connectivity index (χ1) is 15.5. The average molecular weight is 492 g/mol. The molecule has 0 bridgehead atoms. The number of piperidine rings is 1. The summed E-state index contributed by atoms with van der Waals surface area (Å²) in [6.07, 6.45) is 1.80. The minimum absolute atomic E-state index is 0.110. The number of anilines is 1. The van der Waals surface area contributed by atoms with Gasteiger partial charge in [-0.3, -0.25) is 4.79 Å². The molecule has 1 unspecified atom stereocenters. The molecule has 33 heavy (non-hydrogen) atoms. The normalized spacial score (nSPS) is 19.6. The summed E-state index contributed by atoms with van der Waals surface area (Å²) >= 11 is 0. The molecule has 0 saturated carbocycles. The van der Waals surface area contributed by atoms with E-state index in [4.69, 9.17) is 0 Å². The van der Waals surface area contributed by atoms with Gasteiger partial charge in [-0.2, -0.15) is 4.31 Å². The Hall–Kier alpha value is -2.27. The highest BCUT2D eigenvalue weighted by atomic mass is 32.2. The smallest absolute Gasteiger partial charge is 0.243 e. The standard InChI is InChI=1S/C23H29N3O5S2/c1-17-6-8-20(9-7-17)33(30,31)25-13-4-5-19(16-25)23(27)26-14-12-18-15-21(10-11-22(18)26)32(28,29)24(2)3/h6-11,15,19H,4-5,12-14,16H2,1-3H3. The van der Waals surface area contributed by atoms with E-state index in [0.717, 1.165) is 15.4 Å². The quantitative estimate of drug-likeness (QED) is 0.639. The van der Waals surface area contributed by atoms with Crippen LogP contribution in [-0.4, -0.2) is 65.1 Å². The molecule has 8 nitrogen and oxygen atoms in total. The van der Waals surface area contributed by atoms with Crippen molar-refractivity contribution in [2.24, 2.45) is 5.92 Å². The Kier molecular flexibility index (Phi) is 6.38. The molecule has 1 amide bonds. The third-order valence-electron chi connectivity index (χ3n) is 6.38. The molecule has 1 atom stereocenters. The number of hydrogen-bond acceptors (Lipinski definition) is 5. The Bertz CT molecular complexity index is 1270. The maximum Gasteiger partial charge on any atom is 0.243 e. The number of carbonyl (C=O) groups is 1. The molecular formula is C23H29N3O5S2. The van der Waals surface area contributed by atoms with E-state index in [1.807, 2.05) is 6.92 Å². The number of benzene rings is 2. The van der Waals surface area contributed by atoms with Crippen LogP contribution in [0.15, 0.2) is 52.3 Å². The number of hydrogen-bond donors (Lipinski definition) is 0. The van der Waals surface area contributed by atoms with Gasteiger partial charge >= 0.3 is 0 Å². The Morgan fingerprint density at radius 3 is 2.30 bits per heavy atom. The van der Waals surface area contributed by atoms with Gasteiger partial charge in [0.05, 0.1) is 15.7 Å². The minimum atomic E-state index is -3.67. The molecule has 10 heteroatoms. The third kappa shape index (κ3) is 4.44. The number of nitrogens with zero attached hydrogens (tertiary/aromatic N) is 3. The van der Waals surface area contributed by atoms with E-state index in [0.29, 0.717) is 38.0 Å². The van der Waals surface area contributed by atoms with E-state index in [2.05, 4.69) is 0 Å². The van der Waals surface area contributed by atoms with Gasteiger partial charge in [-0.15, -0.1) is 0 Å². The van der Waals surface area contributed by atoms with Crippen molar-refractivity contribution >= 4 is 31.6 Å². The molecule has 178 valence electrons. The van der Waals surface area contributed by atoms with Crippen LogP contribution in [-0.2, 0) is 31.3 Å². The third-order valence-corrected chi connectivity index (χ3v) is 10.1. The Labute approximate surface area is 195 Å². The zero-order valence-corrected chi connectivity index (χ0v) is 20.7. The lowest BCUT2D eigenvalue weighted by Gasteiger charge is -2.33. The Balaban J connectivity index is 1.53. The van der Waals surface area contributed by atoms with Crippen LogP contribution in [0.25, 0.3) is 0 Å².